The van der Waals surface area contributed by atoms with Crippen LogP contribution in [0.2, 0.25) is 0 Å². The van der Waals surface area contributed by atoms with E-state index < -0.39 is 10.0 Å². The van der Waals surface area contributed by atoms with Crippen molar-refractivity contribution < 1.29 is 8.42 Å². The second-order valence-electron chi connectivity index (χ2n) is 5.05. The highest BCUT2D eigenvalue weighted by molar-refractivity contribution is 7.90. The second-order valence-corrected chi connectivity index (χ2v) is 7.09. The van der Waals surface area contributed by atoms with Gasteiger partial charge >= 0.3 is 0 Å². The molecule has 98 valence electrons. The van der Waals surface area contributed by atoms with Crippen LogP contribution in [0.3, 0.4) is 0 Å². The van der Waals surface area contributed by atoms with Gasteiger partial charge in [0.1, 0.15) is 0 Å². The van der Waals surface area contributed by atoms with Crippen LogP contribution in [0.25, 0.3) is 0 Å². The van der Waals surface area contributed by atoms with Gasteiger partial charge < -0.3 is 5.32 Å². The topological polar surface area (TPSA) is 58.2 Å². The average molecular weight is 266 g/mol. The van der Waals surface area contributed by atoms with E-state index in [1.165, 1.54) is 5.56 Å². The molecule has 1 aliphatic carbocycles. The van der Waals surface area contributed by atoms with Crippen molar-refractivity contribution in [3.8, 4) is 0 Å². The summed E-state index contributed by atoms with van der Waals surface area (Å²) in [7, 11) is -3.09. The van der Waals surface area contributed by atoms with Gasteiger partial charge in [0.25, 0.3) is 0 Å². The van der Waals surface area contributed by atoms with Gasteiger partial charge in [0.2, 0.25) is 10.0 Å². The third kappa shape index (κ3) is 2.37. The summed E-state index contributed by atoms with van der Waals surface area (Å²) in [6.45, 7) is 1.37. The van der Waals surface area contributed by atoms with Crippen molar-refractivity contribution >= 4 is 15.7 Å². The van der Waals surface area contributed by atoms with Crippen molar-refractivity contribution in [1.82, 2.24) is 4.72 Å². The van der Waals surface area contributed by atoms with Crippen LogP contribution in [0, 0.1) is 0 Å². The fourth-order valence-electron chi connectivity index (χ4n) is 2.40. The zero-order valence-corrected chi connectivity index (χ0v) is 11.1. The smallest absolute Gasteiger partial charge is 0.214 e. The van der Waals surface area contributed by atoms with Gasteiger partial charge in [0.05, 0.1) is 5.25 Å². The number of anilines is 1. The van der Waals surface area contributed by atoms with E-state index in [9.17, 15) is 8.42 Å². The molecule has 0 bridgehead atoms. The monoisotopic (exact) mass is 266 g/mol. The van der Waals surface area contributed by atoms with Gasteiger partial charge in [-0.2, -0.15) is 0 Å². The fraction of sp³-hybridized carbons (Fsp3) is 0.538. The Kier molecular flexibility index (Phi) is 3.03. The first-order valence-electron chi connectivity index (χ1n) is 6.50. The average Bonchev–Trinajstić information content (AvgIpc) is 3.21. The van der Waals surface area contributed by atoms with Crippen LogP contribution >= 0.6 is 0 Å². The minimum atomic E-state index is -3.09. The van der Waals surface area contributed by atoms with Gasteiger partial charge in [0, 0.05) is 18.8 Å². The molecule has 5 heteroatoms. The lowest BCUT2D eigenvalue weighted by Crippen LogP contribution is -2.27. The molecule has 1 saturated carbocycles. The molecule has 2 N–H and O–H groups in total. The van der Waals surface area contributed by atoms with Crippen LogP contribution in [0.1, 0.15) is 30.4 Å². The highest BCUT2D eigenvalue weighted by Gasteiger charge is 2.35. The summed E-state index contributed by atoms with van der Waals surface area (Å²) in [5.41, 5.74) is 3.48. The summed E-state index contributed by atoms with van der Waals surface area (Å²) in [6, 6.07) is 6.11. The van der Waals surface area contributed by atoms with E-state index in [-0.39, 0.29) is 5.25 Å². The molecule has 0 saturated heterocycles. The molecule has 0 amide bonds. The Labute approximate surface area is 108 Å². The van der Waals surface area contributed by atoms with Gasteiger partial charge in [-0.25, -0.2) is 13.1 Å². The molecule has 3 rings (SSSR count). The highest BCUT2D eigenvalue weighted by Crippen LogP contribution is 2.29. The first kappa shape index (κ1) is 12.0. The van der Waals surface area contributed by atoms with Crippen LogP contribution < -0.4 is 10.0 Å². The number of fused-ring (bicyclic) bond motifs is 1. The summed E-state index contributed by atoms with van der Waals surface area (Å²) in [5, 5.41) is 3.23. The van der Waals surface area contributed by atoms with E-state index in [0.29, 0.717) is 6.54 Å². The quantitative estimate of drug-likeness (QED) is 0.871. The third-order valence-electron chi connectivity index (χ3n) is 3.59. The summed E-state index contributed by atoms with van der Waals surface area (Å²) in [4.78, 5) is 0. The normalized spacial score (nSPS) is 19.1. The van der Waals surface area contributed by atoms with E-state index >= 15 is 0 Å². The zero-order chi connectivity index (χ0) is 12.6. The maximum Gasteiger partial charge on any atom is 0.214 e. The summed E-state index contributed by atoms with van der Waals surface area (Å²) >= 11 is 0. The van der Waals surface area contributed by atoms with Crippen LogP contribution in [-0.2, 0) is 23.0 Å². The first-order chi connectivity index (χ1) is 8.67. The number of benzene rings is 1. The van der Waals surface area contributed by atoms with Crippen LogP contribution in [0.4, 0.5) is 5.69 Å². The number of hydrogen-bond donors (Lipinski definition) is 2. The zero-order valence-electron chi connectivity index (χ0n) is 10.3. The molecule has 4 nitrogen and oxygen atoms in total. The predicted molar refractivity (Wildman–Crippen MR) is 72.0 cm³/mol. The number of hydrogen-bond acceptors (Lipinski definition) is 3. The third-order valence-corrected chi connectivity index (χ3v) is 5.48. The summed E-state index contributed by atoms with van der Waals surface area (Å²) < 4.78 is 26.3. The Morgan fingerprint density at radius 2 is 2.17 bits per heavy atom. The van der Waals surface area contributed by atoms with E-state index in [1.54, 1.807) is 0 Å². The molecule has 0 unspecified atom stereocenters. The molecule has 0 atom stereocenters. The van der Waals surface area contributed by atoms with Gasteiger partial charge in [-0.3, -0.25) is 0 Å². The van der Waals surface area contributed by atoms with Crippen molar-refractivity contribution in [2.24, 2.45) is 0 Å². The molecule has 0 spiro atoms. The minimum Gasteiger partial charge on any atom is -0.385 e. The lowest BCUT2D eigenvalue weighted by molar-refractivity contribution is 0.580. The predicted octanol–water partition coefficient (Wildman–Crippen LogP) is 1.63. The molecular weight excluding hydrogens is 248 g/mol. The maximum absolute atomic E-state index is 11.8. The molecule has 0 radical (unpaired) electrons. The summed E-state index contributed by atoms with van der Waals surface area (Å²) in [6.07, 6.45) is 3.83. The highest BCUT2D eigenvalue weighted by atomic mass is 32.2. The SMILES string of the molecule is O=S(=O)(NCc1cccc2c1NCCC2)C1CC1. The van der Waals surface area contributed by atoms with Gasteiger partial charge in [-0.05, 0) is 36.8 Å². The maximum atomic E-state index is 11.8. The first-order valence-corrected chi connectivity index (χ1v) is 8.04. The van der Waals surface area contributed by atoms with E-state index in [2.05, 4.69) is 16.1 Å². The Hall–Kier alpha value is -1.07. The second kappa shape index (κ2) is 4.55. The number of rotatable bonds is 4. The number of para-hydroxylation sites is 1. The van der Waals surface area contributed by atoms with Crippen LogP contribution in [0.5, 0.6) is 0 Å². The molecule has 1 aromatic rings. The molecule has 2 aliphatic rings. The molecule has 18 heavy (non-hydrogen) atoms. The lowest BCUT2D eigenvalue weighted by atomic mass is 9.99. The van der Waals surface area contributed by atoms with Gasteiger partial charge in [-0.15, -0.1) is 0 Å². The van der Waals surface area contributed by atoms with E-state index in [4.69, 9.17) is 0 Å². The van der Waals surface area contributed by atoms with E-state index in [0.717, 1.165) is 43.5 Å². The lowest BCUT2D eigenvalue weighted by Gasteiger charge is -2.21. The molecular formula is C13H18N2O2S. The molecule has 1 heterocycles. The van der Waals surface area contributed by atoms with Crippen molar-refractivity contribution in [3.05, 3.63) is 29.3 Å². The Morgan fingerprint density at radius 3 is 2.94 bits per heavy atom. The standard InChI is InChI=1S/C13H18N2O2S/c16-18(17,12-6-7-12)15-9-11-4-1-3-10-5-2-8-14-13(10)11/h1,3-4,12,14-15H,2,5-9H2. The molecule has 0 aromatic heterocycles. The number of aryl methyl sites for hydroxylation is 1. The summed E-state index contributed by atoms with van der Waals surface area (Å²) in [5.74, 6) is 0. The van der Waals surface area contributed by atoms with Crippen molar-refractivity contribution in [2.75, 3.05) is 11.9 Å². The van der Waals surface area contributed by atoms with E-state index in [1.807, 2.05) is 12.1 Å². The Morgan fingerprint density at radius 1 is 1.33 bits per heavy atom. The van der Waals surface area contributed by atoms with Gasteiger partial charge in [-0.1, -0.05) is 18.2 Å². The van der Waals surface area contributed by atoms with Crippen LogP contribution in [0.15, 0.2) is 18.2 Å². The number of sulfonamides is 1. The number of nitrogens with one attached hydrogen (secondary N) is 2. The Balaban J connectivity index is 1.76. The van der Waals surface area contributed by atoms with Gasteiger partial charge in [0.15, 0.2) is 0 Å². The molecule has 1 aliphatic heterocycles. The largest absolute Gasteiger partial charge is 0.385 e. The van der Waals surface area contributed by atoms with Crippen LogP contribution in [-0.4, -0.2) is 20.2 Å². The molecule has 1 aromatic carbocycles. The fourth-order valence-corrected chi connectivity index (χ4v) is 3.75. The van der Waals surface area contributed by atoms with Crippen molar-refractivity contribution in [1.29, 1.82) is 0 Å². The van der Waals surface area contributed by atoms with Crippen molar-refractivity contribution in [2.45, 2.75) is 37.5 Å². The minimum absolute atomic E-state index is 0.148. The Bertz CT molecular complexity index is 550. The molecule has 1 fully saturated rings. The van der Waals surface area contributed by atoms with Crippen molar-refractivity contribution in [3.63, 3.8) is 0 Å².